The quantitative estimate of drug-likeness (QED) is 0.826. The molecular formula is C18H21NO3S. The Morgan fingerprint density at radius 3 is 3.04 bits per heavy atom. The van der Waals surface area contributed by atoms with E-state index in [9.17, 15) is 4.79 Å². The zero-order valence-corrected chi connectivity index (χ0v) is 14.3. The molecule has 0 radical (unpaired) electrons. The van der Waals surface area contributed by atoms with Crippen LogP contribution in [0.4, 0.5) is 0 Å². The van der Waals surface area contributed by atoms with Crippen LogP contribution in [0.1, 0.15) is 40.8 Å². The summed E-state index contributed by atoms with van der Waals surface area (Å²) in [6.45, 7) is 0.763. The van der Waals surface area contributed by atoms with E-state index < -0.39 is 0 Å². The fourth-order valence-corrected chi connectivity index (χ4v) is 3.50. The van der Waals surface area contributed by atoms with Gasteiger partial charge in [0.25, 0.3) is 5.91 Å². The molecule has 4 nitrogen and oxygen atoms in total. The summed E-state index contributed by atoms with van der Waals surface area (Å²) in [7, 11) is 1.66. The topological polar surface area (TPSA) is 42.7 Å². The predicted octanol–water partition coefficient (Wildman–Crippen LogP) is 4.13. The standard InChI is InChI=1S/C18H21NO3S/c1-21-14-6-3-5-13(11-14)16-7-4-10-19(16)18(20)17-9-8-15(22-17)12-23-2/h3,5-6,8-9,11,16H,4,7,10,12H2,1-2H3/t16-/m1/s1. The normalized spacial score (nSPS) is 17.5. The van der Waals surface area contributed by atoms with E-state index >= 15 is 0 Å². The zero-order valence-electron chi connectivity index (χ0n) is 13.5. The van der Waals surface area contributed by atoms with E-state index in [0.717, 1.165) is 42.2 Å². The number of ether oxygens (including phenoxy) is 1. The van der Waals surface area contributed by atoms with Crippen LogP contribution in [0.2, 0.25) is 0 Å². The zero-order chi connectivity index (χ0) is 16.2. The van der Waals surface area contributed by atoms with Gasteiger partial charge in [0.2, 0.25) is 0 Å². The van der Waals surface area contributed by atoms with E-state index in [1.807, 2.05) is 35.4 Å². The molecule has 0 spiro atoms. The molecule has 0 bridgehead atoms. The molecule has 1 fully saturated rings. The first kappa shape index (κ1) is 16.0. The van der Waals surface area contributed by atoms with Crippen molar-refractivity contribution >= 4 is 17.7 Å². The summed E-state index contributed by atoms with van der Waals surface area (Å²) in [5.74, 6) is 2.86. The molecule has 1 amide bonds. The average molecular weight is 331 g/mol. The van der Waals surface area contributed by atoms with Gasteiger partial charge < -0.3 is 14.1 Å². The highest BCUT2D eigenvalue weighted by Gasteiger charge is 2.32. The Labute approximate surface area is 140 Å². The SMILES string of the molecule is COc1cccc([C@H]2CCCN2C(=O)c2ccc(CSC)o2)c1. The second-order valence-corrected chi connectivity index (χ2v) is 6.50. The van der Waals surface area contributed by atoms with Gasteiger partial charge in [-0.3, -0.25) is 4.79 Å². The molecule has 1 aromatic carbocycles. The molecule has 5 heteroatoms. The van der Waals surface area contributed by atoms with Crippen molar-refractivity contribution in [2.45, 2.75) is 24.6 Å². The van der Waals surface area contributed by atoms with Gasteiger partial charge in [0, 0.05) is 6.54 Å². The Morgan fingerprint density at radius 2 is 2.26 bits per heavy atom. The van der Waals surface area contributed by atoms with Crippen molar-refractivity contribution in [3.8, 4) is 5.75 Å². The Balaban J connectivity index is 1.81. The Bertz CT molecular complexity index is 682. The maximum Gasteiger partial charge on any atom is 0.290 e. The van der Waals surface area contributed by atoms with Crippen LogP contribution < -0.4 is 4.74 Å². The van der Waals surface area contributed by atoms with Gasteiger partial charge in [-0.15, -0.1) is 0 Å². The summed E-state index contributed by atoms with van der Waals surface area (Å²) in [6, 6.07) is 11.7. The molecule has 0 unspecified atom stereocenters. The Morgan fingerprint density at radius 1 is 1.39 bits per heavy atom. The number of carbonyl (C=O) groups is 1. The number of amides is 1. The lowest BCUT2D eigenvalue weighted by atomic mass is 10.0. The highest BCUT2D eigenvalue weighted by Crippen LogP contribution is 2.34. The minimum Gasteiger partial charge on any atom is -0.497 e. The van der Waals surface area contributed by atoms with Crippen LogP contribution in [0.15, 0.2) is 40.8 Å². The van der Waals surface area contributed by atoms with Crippen molar-refractivity contribution in [1.82, 2.24) is 4.90 Å². The van der Waals surface area contributed by atoms with Gasteiger partial charge in [-0.2, -0.15) is 11.8 Å². The van der Waals surface area contributed by atoms with E-state index in [0.29, 0.717) is 5.76 Å². The smallest absolute Gasteiger partial charge is 0.290 e. The van der Waals surface area contributed by atoms with Crippen LogP contribution in [0.25, 0.3) is 0 Å². The van der Waals surface area contributed by atoms with Crippen LogP contribution in [0.5, 0.6) is 5.75 Å². The summed E-state index contributed by atoms with van der Waals surface area (Å²) in [4.78, 5) is 14.7. The molecule has 1 aromatic heterocycles. The highest BCUT2D eigenvalue weighted by atomic mass is 32.2. The van der Waals surface area contributed by atoms with E-state index in [2.05, 4.69) is 6.07 Å². The Hall–Kier alpha value is -1.88. The number of carbonyl (C=O) groups excluding carboxylic acids is 1. The van der Waals surface area contributed by atoms with Gasteiger partial charge in [0.05, 0.1) is 18.9 Å². The summed E-state index contributed by atoms with van der Waals surface area (Å²) in [6.07, 6.45) is 3.99. The van der Waals surface area contributed by atoms with Gasteiger partial charge in [-0.05, 0) is 48.9 Å². The second kappa shape index (κ2) is 7.13. The first-order valence-corrected chi connectivity index (χ1v) is 9.15. The van der Waals surface area contributed by atoms with Gasteiger partial charge >= 0.3 is 0 Å². The van der Waals surface area contributed by atoms with Gasteiger partial charge in [-0.25, -0.2) is 0 Å². The number of likely N-dealkylation sites (tertiary alicyclic amines) is 1. The molecule has 0 aliphatic carbocycles. The summed E-state index contributed by atoms with van der Waals surface area (Å²) >= 11 is 1.68. The molecule has 0 N–H and O–H groups in total. The van der Waals surface area contributed by atoms with E-state index in [-0.39, 0.29) is 11.9 Å². The summed E-state index contributed by atoms with van der Waals surface area (Å²) < 4.78 is 11.0. The number of nitrogens with zero attached hydrogens (tertiary/aromatic N) is 1. The number of methoxy groups -OCH3 is 1. The predicted molar refractivity (Wildman–Crippen MR) is 91.9 cm³/mol. The summed E-state index contributed by atoms with van der Waals surface area (Å²) in [5.41, 5.74) is 1.12. The lowest BCUT2D eigenvalue weighted by molar-refractivity contribution is 0.0701. The molecule has 23 heavy (non-hydrogen) atoms. The van der Waals surface area contributed by atoms with Crippen LogP contribution >= 0.6 is 11.8 Å². The molecule has 0 saturated carbocycles. The highest BCUT2D eigenvalue weighted by molar-refractivity contribution is 7.97. The molecule has 1 atom stereocenters. The molecular weight excluding hydrogens is 310 g/mol. The second-order valence-electron chi connectivity index (χ2n) is 5.63. The number of rotatable bonds is 5. The third kappa shape index (κ3) is 3.39. The third-order valence-corrected chi connectivity index (χ3v) is 4.72. The van der Waals surface area contributed by atoms with E-state index in [1.54, 1.807) is 24.9 Å². The molecule has 2 heterocycles. The molecule has 1 aliphatic rings. The minimum absolute atomic E-state index is 0.0253. The van der Waals surface area contributed by atoms with Crippen LogP contribution in [0, 0.1) is 0 Å². The van der Waals surface area contributed by atoms with Crippen molar-refractivity contribution in [3.05, 3.63) is 53.5 Å². The number of benzene rings is 1. The molecule has 122 valence electrons. The molecule has 3 rings (SSSR count). The van der Waals surface area contributed by atoms with E-state index in [1.165, 1.54) is 0 Å². The number of hydrogen-bond acceptors (Lipinski definition) is 4. The van der Waals surface area contributed by atoms with Crippen LogP contribution in [-0.4, -0.2) is 30.7 Å². The fourth-order valence-electron chi connectivity index (χ4n) is 3.06. The largest absolute Gasteiger partial charge is 0.497 e. The number of hydrogen-bond donors (Lipinski definition) is 0. The van der Waals surface area contributed by atoms with Crippen molar-refractivity contribution in [3.63, 3.8) is 0 Å². The maximum absolute atomic E-state index is 12.8. The van der Waals surface area contributed by atoms with Gasteiger partial charge in [-0.1, -0.05) is 12.1 Å². The number of thioether (sulfide) groups is 1. The molecule has 2 aromatic rings. The average Bonchev–Trinajstić information content (AvgIpc) is 3.24. The van der Waals surface area contributed by atoms with Crippen molar-refractivity contribution in [1.29, 1.82) is 0 Å². The maximum atomic E-state index is 12.8. The van der Waals surface area contributed by atoms with Crippen LogP contribution in [0.3, 0.4) is 0 Å². The Kier molecular flexibility index (Phi) is 4.96. The van der Waals surface area contributed by atoms with Crippen molar-refractivity contribution in [2.75, 3.05) is 19.9 Å². The molecule has 1 aliphatic heterocycles. The fraction of sp³-hybridized carbons (Fsp3) is 0.389. The van der Waals surface area contributed by atoms with Crippen LogP contribution in [-0.2, 0) is 5.75 Å². The third-order valence-electron chi connectivity index (χ3n) is 4.15. The van der Waals surface area contributed by atoms with Crippen molar-refractivity contribution in [2.24, 2.45) is 0 Å². The van der Waals surface area contributed by atoms with Gasteiger partial charge in [0.1, 0.15) is 11.5 Å². The lowest BCUT2D eigenvalue weighted by Gasteiger charge is -2.24. The first-order chi connectivity index (χ1) is 11.2. The number of furan rings is 1. The van der Waals surface area contributed by atoms with Crippen molar-refractivity contribution < 1.29 is 13.9 Å². The first-order valence-electron chi connectivity index (χ1n) is 7.75. The monoisotopic (exact) mass is 331 g/mol. The van der Waals surface area contributed by atoms with Gasteiger partial charge in [0.15, 0.2) is 5.76 Å². The summed E-state index contributed by atoms with van der Waals surface area (Å²) in [5, 5.41) is 0. The lowest BCUT2D eigenvalue weighted by Crippen LogP contribution is -2.30. The molecule has 1 saturated heterocycles. The minimum atomic E-state index is -0.0253. The van der Waals surface area contributed by atoms with E-state index in [4.69, 9.17) is 9.15 Å².